The van der Waals surface area contributed by atoms with E-state index in [0.29, 0.717) is 0 Å². The van der Waals surface area contributed by atoms with E-state index in [-0.39, 0.29) is 16.3 Å². The highest BCUT2D eigenvalue weighted by atomic mass is 32.1. The van der Waals surface area contributed by atoms with Crippen LogP contribution in [0.15, 0.2) is 83.6 Å². The van der Waals surface area contributed by atoms with Gasteiger partial charge in [-0.25, -0.2) is 9.37 Å². The number of aromatic nitrogens is 1. The van der Waals surface area contributed by atoms with E-state index in [4.69, 9.17) is 0 Å². The van der Waals surface area contributed by atoms with Gasteiger partial charge in [0.15, 0.2) is 16.7 Å². The lowest BCUT2D eigenvalue weighted by atomic mass is 9.95. The molecule has 1 aliphatic heterocycles. The molecule has 1 atom stereocenters. The number of nitrogens with zero attached hydrogens (tertiary/aromatic N) is 2. The summed E-state index contributed by atoms with van der Waals surface area (Å²) >= 11 is 1.16. The minimum Gasteiger partial charge on any atom is -0.503 e. The number of halogens is 1. The Kier molecular flexibility index (Phi) is 5.05. The molecule has 3 aromatic rings. The third-order valence-corrected chi connectivity index (χ3v) is 5.30. The number of anilines is 1. The average molecular weight is 406 g/mol. The van der Waals surface area contributed by atoms with Gasteiger partial charge in [0, 0.05) is 17.1 Å². The highest BCUT2D eigenvalue weighted by Crippen LogP contribution is 2.42. The molecule has 5 nitrogen and oxygen atoms in total. The van der Waals surface area contributed by atoms with Crippen molar-refractivity contribution in [1.29, 1.82) is 0 Å². The molecule has 0 aliphatic carbocycles. The number of thiazole rings is 1. The van der Waals surface area contributed by atoms with Crippen LogP contribution in [-0.4, -0.2) is 21.8 Å². The Morgan fingerprint density at radius 3 is 2.55 bits per heavy atom. The fraction of sp³-hybridized carbons (Fsp3) is 0.0455. The van der Waals surface area contributed by atoms with E-state index in [1.165, 1.54) is 30.5 Å². The molecule has 29 heavy (non-hydrogen) atoms. The summed E-state index contributed by atoms with van der Waals surface area (Å²) in [6.45, 7) is 0. The third kappa shape index (κ3) is 3.48. The number of carbonyl (C=O) groups is 2. The number of amides is 1. The molecular weight excluding hydrogens is 391 g/mol. The standard InChI is InChI=1S/C22H15FN2O3S/c23-16-9-5-4-8-15(16)19-18(17(26)11-10-14-6-2-1-3-7-14)20(27)21(28)25(19)22-24-12-13-29-22/h1-13,19,27H/b11-10+. The van der Waals surface area contributed by atoms with Crippen LogP contribution < -0.4 is 4.90 Å². The number of rotatable bonds is 5. The average Bonchev–Trinajstić information content (AvgIpc) is 3.34. The molecule has 0 saturated heterocycles. The van der Waals surface area contributed by atoms with E-state index in [1.807, 2.05) is 30.3 Å². The lowest BCUT2D eigenvalue weighted by Crippen LogP contribution is -2.31. The van der Waals surface area contributed by atoms with E-state index >= 15 is 0 Å². The highest BCUT2D eigenvalue weighted by molar-refractivity contribution is 7.13. The van der Waals surface area contributed by atoms with Gasteiger partial charge in [-0.15, -0.1) is 11.3 Å². The van der Waals surface area contributed by atoms with Crippen molar-refractivity contribution in [3.8, 4) is 0 Å². The van der Waals surface area contributed by atoms with Gasteiger partial charge in [-0.05, 0) is 17.7 Å². The summed E-state index contributed by atoms with van der Waals surface area (Å²) in [4.78, 5) is 31.0. The van der Waals surface area contributed by atoms with Crippen molar-refractivity contribution in [2.45, 2.75) is 6.04 Å². The normalized spacial score (nSPS) is 16.8. The lowest BCUT2D eigenvalue weighted by Gasteiger charge is -2.24. The van der Waals surface area contributed by atoms with Crippen molar-refractivity contribution in [2.24, 2.45) is 0 Å². The van der Waals surface area contributed by atoms with E-state index in [9.17, 15) is 19.1 Å². The zero-order chi connectivity index (χ0) is 20.4. The highest BCUT2D eigenvalue weighted by Gasteiger charge is 2.45. The SMILES string of the molecule is O=C(/C=C/c1ccccc1)C1=C(O)C(=O)N(c2nccs2)C1c1ccccc1F. The van der Waals surface area contributed by atoms with Crippen molar-refractivity contribution in [3.05, 3.63) is 101 Å². The van der Waals surface area contributed by atoms with Crippen molar-refractivity contribution >= 4 is 34.2 Å². The van der Waals surface area contributed by atoms with Gasteiger partial charge in [0.05, 0.1) is 5.57 Å². The molecule has 2 aromatic carbocycles. The maximum atomic E-state index is 14.6. The molecule has 0 radical (unpaired) electrons. The predicted molar refractivity (Wildman–Crippen MR) is 109 cm³/mol. The first-order valence-corrected chi connectivity index (χ1v) is 9.64. The van der Waals surface area contributed by atoms with Gasteiger partial charge in [-0.2, -0.15) is 0 Å². The van der Waals surface area contributed by atoms with Crippen LogP contribution in [-0.2, 0) is 9.59 Å². The molecule has 1 aliphatic rings. The zero-order valence-corrected chi connectivity index (χ0v) is 15.8. The molecule has 0 spiro atoms. The third-order valence-electron chi connectivity index (χ3n) is 4.53. The summed E-state index contributed by atoms with van der Waals surface area (Å²) < 4.78 is 14.6. The number of carbonyl (C=O) groups excluding carboxylic acids is 2. The Labute approximate surface area is 170 Å². The molecule has 2 heterocycles. The molecule has 144 valence electrons. The molecular formula is C22H15FN2O3S. The lowest BCUT2D eigenvalue weighted by molar-refractivity contribution is -0.117. The van der Waals surface area contributed by atoms with Crippen LogP contribution in [0.25, 0.3) is 6.08 Å². The first kappa shape index (κ1) is 18.8. The van der Waals surface area contributed by atoms with E-state index in [2.05, 4.69) is 4.98 Å². The summed E-state index contributed by atoms with van der Waals surface area (Å²) in [5.41, 5.74) is 0.712. The summed E-state index contributed by atoms with van der Waals surface area (Å²) in [6, 6.07) is 13.9. The number of aliphatic hydroxyl groups excluding tert-OH is 1. The first-order valence-electron chi connectivity index (χ1n) is 8.76. The van der Waals surface area contributed by atoms with Crippen LogP contribution in [0.3, 0.4) is 0 Å². The van der Waals surface area contributed by atoms with Crippen molar-refractivity contribution in [3.63, 3.8) is 0 Å². The molecule has 1 amide bonds. The Bertz CT molecular complexity index is 1120. The molecule has 1 aromatic heterocycles. The summed E-state index contributed by atoms with van der Waals surface area (Å²) in [6.07, 6.45) is 4.35. The molecule has 1 unspecified atom stereocenters. The minimum absolute atomic E-state index is 0.108. The molecule has 0 bridgehead atoms. The van der Waals surface area contributed by atoms with Crippen LogP contribution in [0, 0.1) is 5.82 Å². The minimum atomic E-state index is -1.11. The number of hydrogen-bond donors (Lipinski definition) is 1. The first-order chi connectivity index (χ1) is 14.1. The van der Waals surface area contributed by atoms with Gasteiger partial charge >= 0.3 is 0 Å². The van der Waals surface area contributed by atoms with Gasteiger partial charge in [-0.3, -0.25) is 14.5 Å². The molecule has 7 heteroatoms. The number of benzene rings is 2. The molecule has 0 fully saturated rings. The van der Waals surface area contributed by atoms with Gasteiger partial charge in [-0.1, -0.05) is 54.6 Å². The van der Waals surface area contributed by atoms with E-state index < -0.39 is 29.3 Å². The Balaban J connectivity index is 1.79. The summed E-state index contributed by atoms with van der Waals surface area (Å²) in [7, 11) is 0. The summed E-state index contributed by atoms with van der Waals surface area (Å²) in [5, 5.41) is 12.4. The van der Waals surface area contributed by atoms with Gasteiger partial charge < -0.3 is 5.11 Å². The van der Waals surface area contributed by atoms with Gasteiger partial charge in [0.25, 0.3) is 5.91 Å². The van der Waals surface area contributed by atoms with Crippen LogP contribution in [0.2, 0.25) is 0 Å². The predicted octanol–water partition coefficient (Wildman–Crippen LogP) is 4.46. The fourth-order valence-corrected chi connectivity index (χ4v) is 3.87. The van der Waals surface area contributed by atoms with Crippen LogP contribution in [0.5, 0.6) is 0 Å². The van der Waals surface area contributed by atoms with Crippen LogP contribution >= 0.6 is 11.3 Å². The Morgan fingerprint density at radius 1 is 1.14 bits per heavy atom. The van der Waals surface area contributed by atoms with E-state index in [1.54, 1.807) is 17.5 Å². The topological polar surface area (TPSA) is 70.5 Å². The maximum Gasteiger partial charge on any atom is 0.296 e. The Morgan fingerprint density at radius 2 is 1.86 bits per heavy atom. The number of ketones is 1. The summed E-state index contributed by atoms with van der Waals surface area (Å²) in [5.74, 6) is -2.65. The number of aliphatic hydroxyl groups is 1. The number of hydrogen-bond acceptors (Lipinski definition) is 5. The van der Waals surface area contributed by atoms with Crippen molar-refractivity contribution in [2.75, 3.05) is 4.90 Å². The second kappa shape index (κ2) is 7.81. The molecule has 1 N–H and O–H groups in total. The quantitative estimate of drug-likeness (QED) is 0.635. The largest absolute Gasteiger partial charge is 0.503 e. The fourth-order valence-electron chi connectivity index (χ4n) is 3.21. The van der Waals surface area contributed by atoms with Crippen molar-refractivity contribution < 1.29 is 19.1 Å². The van der Waals surface area contributed by atoms with Gasteiger partial charge in [0.2, 0.25) is 0 Å². The monoisotopic (exact) mass is 406 g/mol. The maximum absolute atomic E-state index is 14.6. The molecule has 0 saturated carbocycles. The second-order valence-corrected chi connectivity index (χ2v) is 7.16. The van der Waals surface area contributed by atoms with E-state index in [0.717, 1.165) is 21.8 Å². The zero-order valence-electron chi connectivity index (χ0n) is 15.0. The van der Waals surface area contributed by atoms with Gasteiger partial charge in [0.1, 0.15) is 11.9 Å². The molecule has 4 rings (SSSR count). The van der Waals surface area contributed by atoms with Crippen molar-refractivity contribution in [1.82, 2.24) is 4.98 Å². The Hall–Kier alpha value is -3.58. The van der Waals surface area contributed by atoms with Crippen LogP contribution in [0.1, 0.15) is 17.2 Å². The second-order valence-electron chi connectivity index (χ2n) is 6.28. The smallest absolute Gasteiger partial charge is 0.296 e. The van der Waals surface area contributed by atoms with Crippen LogP contribution in [0.4, 0.5) is 9.52 Å². The number of allylic oxidation sites excluding steroid dienone is 1.